The van der Waals surface area contributed by atoms with Crippen LogP contribution < -0.4 is 15.2 Å². The second-order valence-corrected chi connectivity index (χ2v) is 5.52. The van der Waals surface area contributed by atoms with E-state index in [2.05, 4.69) is 24.1 Å². The van der Waals surface area contributed by atoms with E-state index < -0.39 is 0 Å². The van der Waals surface area contributed by atoms with Gasteiger partial charge >= 0.3 is 0 Å². The molecule has 0 spiro atoms. The lowest BCUT2D eigenvalue weighted by Crippen LogP contribution is -2.21. The van der Waals surface area contributed by atoms with Crippen LogP contribution in [0, 0.1) is 0 Å². The Hall–Kier alpha value is -1.26. The van der Waals surface area contributed by atoms with Crippen LogP contribution in [0.25, 0.3) is 0 Å². The third-order valence-electron chi connectivity index (χ3n) is 3.79. The minimum absolute atomic E-state index is 0.271. The molecule has 1 unspecified atom stereocenters. The highest BCUT2D eigenvalue weighted by molar-refractivity contribution is 5.43. The number of nitrogens with two attached hydrogens (primary N) is 1. The van der Waals surface area contributed by atoms with Crippen molar-refractivity contribution in [1.82, 2.24) is 4.90 Å². The maximum Gasteiger partial charge on any atom is 0.161 e. The number of methoxy groups -OCH3 is 1. The lowest BCUT2D eigenvalue weighted by molar-refractivity contribution is 0.199. The van der Waals surface area contributed by atoms with E-state index in [1.807, 2.05) is 6.07 Å². The summed E-state index contributed by atoms with van der Waals surface area (Å²) in [6, 6.07) is 6.24. The largest absolute Gasteiger partial charge is 0.493 e. The number of rotatable bonds is 7. The Labute approximate surface area is 121 Å². The van der Waals surface area contributed by atoms with Gasteiger partial charge in [0.2, 0.25) is 0 Å². The fraction of sp³-hybridized carbons (Fsp3) is 0.625. The van der Waals surface area contributed by atoms with Gasteiger partial charge in [-0.1, -0.05) is 6.07 Å². The molecule has 4 nitrogen and oxygen atoms in total. The summed E-state index contributed by atoms with van der Waals surface area (Å²) in [6.45, 7) is 2.84. The predicted octanol–water partition coefficient (Wildman–Crippen LogP) is 2.06. The first-order chi connectivity index (χ1) is 9.72. The van der Waals surface area contributed by atoms with Gasteiger partial charge in [0.1, 0.15) is 6.10 Å². The topological polar surface area (TPSA) is 47.7 Å². The molecule has 1 aromatic rings. The molecular weight excluding hydrogens is 252 g/mol. The Bertz CT molecular complexity index is 423. The summed E-state index contributed by atoms with van der Waals surface area (Å²) in [4.78, 5) is 2.29. The minimum atomic E-state index is 0.271. The molecule has 0 aliphatic carbocycles. The molecule has 1 saturated heterocycles. The van der Waals surface area contributed by atoms with Gasteiger partial charge in [0, 0.05) is 13.1 Å². The molecule has 1 heterocycles. The van der Waals surface area contributed by atoms with Crippen LogP contribution in [0.1, 0.15) is 24.8 Å². The molecule has 0 aromatic heterocycles. The molecule has 1 fully saturated rings. The monoisotopic (exact) mass is 278 g/mol. The maximum absolute atomic E-state index is 6.12. The molecule has 1 atom stereocenters. The lowest BCUT2D eigenvalue weighted by Gasteiger charge is -2.17. The molecule has 0 amide bonds. The minimum Gasteiger partial charge on any atom is -0.493 e. The number of hydrogen-bond donors (Lipinski definition) is 1. The van der Waals surface area contributed by atoms with Crippen molar-refractivity contribution in [3.8, 4) is 11.5 Å². The average Bonchev–Trinajstić information content (AvgIpc) is 2.85. The van der Waals surface area contributed by atoms with Crippen molar-refractivity contribution < 1.29 is 9.47 Å². The first-order valence-corrected chi connectivity index (χ1v) is 7.45. The Balaban J connectivity index is 2.02. The van der Waals surface area contributed by atoms with Crippen LogP contribution in [0.3, 0.4) is 0 Å². The van der Waals surface area contributed by atoms with Gasteiger partial charge in [0.15, 0.2) is 11.5 Å². The van der Waals surface area contributed by atoms with E-state index in [4.69, 9.17) is 15.2 Å². The molecule has 112 valence electrons. The number of ether oxygens (including phenoxy) is 2. The summed E-state index contributed by atoms with van der Waals surface area (Å²) >= 11 is 0. The molecule has 0 bridgehead atoms. The molecule has 2 rings (SSSR count). The van der Waals surface area contributed by atoms with E-state index in [0.29, 0.717) is 0 Å². The fourth-order valence-corrected chi connectivity index (χ4v) is 2.61. The van der Waals surface area contributed by atoms with E-state index in [-0.39, 0.29) is 6.10 Å². The standard InChI is InChI=1S/C16H26N2O2/c1-18-10-8-14(12-18)20-16-11-13(5-3-4-9-17)6-7-15(16)19-2/h6-7,11,14H,3-5,8-10,12,17H2,1-2H3. The van der Waals surface area contributed by atoms with E-state index in [9.17, 15) is 0 Å². The molecule has 0 radical (unpaired) electrons. The van der Waals surface area contributed by atoms with Crippen LogP contribution in [-0.2, 0) is 6.42 Å². The van der Waals surface area contributed by atoms with Gasteiger partial charge < -0.3 is 20.1 Å². The van der Waals surface area contributed by atoms with Crippen LogP contribution in [0.15, 0.2) is 18.2 Å². The molecule has 1 aromatic carbocycles. The first kappa shape index (κ1) is 15.1. The molecule has 1 aliphatic rings. The number of likely N-dealkylation sites (N-methyl/N-ethyl adjacent to an activating group) is 1. The van der Waals surface area contributed by atoms with Crippen molar-refractivity contribution in [2.24, 2.45) is 5.73 Å². The van der Waals surface area contributed by atoms with E-state index >= 15 is 0 Å². The van der Waals surface area contributed by atoms with Crippen molar-refractivity contribution in [3.63, 3.8) is 0 Å². The van der Waals surface area contributed by atoms with Gasteiger partial charge in [0.25, 0.3) is 0 Å². The van der Waals surface area contributed by atoms with Crippen LogP contribution in [-0.4, -0.2) is 44.8 Å². The Morgan fingerprint density at radius 2 is 2.15 bits per heavy atom. The number of hydrogen-bond acceptors (Lipinski definition) is 4. The van der Waals surface area contributed by atoms with Gasteiger partial charge in [-0.05, 0) is 57.0 Å². The van der Waals surface area contributed by atoms with Crippen LogP contribution in [0.4, 0.5) is 0 Å². The Morgan fingerprint density at radius 1 is 1.30 bits per heavy atom. The quantitative estimate of drug-likeness (QED) is 0.776. The SMILES string of the molecule is COc1ccc(CCCCN)cc1OC1CCN(C)C1. The highest BCUT2D eigenvalue weighted by atomic mass is 16.5. The number of unbranched alkanes of at least 4 members (excludes halogenated alkanes) is 1. The molecule has 2 N–H and O–H groups in total. The average molecular weight is 278 g/mol. The number of aryl methyl sites for hydroxylation is 1. The molecule has 1 aliphatic heterocycles. The number of nitrogens with zero attached hydrogens (tertiary/aromatic N) is 1. The van der Waals surface area contributed by atoms with Crippen molar-refractivity contribution in [1.29, 1.82) is 0 Å². The number of likely N-dealkylation sites (tertiary alicyclic amines) is 1. The number of benzene rings is 1. The zero-order valence-electron chi connectivity index (χ0n) is 12.6. The summed E-state index contributed by atoms with van der Waals surface area (Å²) in [5.74, 6) is 1.69. The van der Waals surface area contributed by atoms with Gasteiger partial charge in [-0.2, -0.15) is 0 Å². The highest BCUT2D eigenvalue weighted by Crippen LogP contribution is 2.30. The predicted molar refractivity (Wildman–Crippen MR) is 81.5 cm³/mol. The zero-order chi connectivity index (χ0) is 14.4. The molecule has 0 saturated carbocycles. The Kier molecular flexibility index (Phi) is 5.68. The normalized spacial score (nSPS) is 19.2. The van der Waals surface area contributed by atoms with Crippen molar-refractivity contribution in [2.45, 2.75) is 31.8 Å². The highest BCUT2D eigenvalue weighted by Gasteiger charge is 2.22. The van der Waals surface area contributed by atoms with E-state index in [0.717, 1.165) is 56.8 Å². The van der Waals surface area contributed by atoms with Crippen LogP contribution in [0.5, 0.6) is 11.5 Å². The summed E-state index contributed by atoms with van der Waals surface area (Å²) in [6.07, 6.45) is 4.58. The Morgan fingerprint density at radius 3 is 2.80 bits per heavy atom. The van der Waals surface area contributed by atoms with Crippen molar-refractivity contribution in [3.05, 3.63) is 23.8 Å². The van der Waals surface area contributed by atoms with Gasteiger partial charge in [0.05, 0.1) is 7.11 Å². The summed E-state index contributed by atoms with van der Waals surface area (Å²) in [5.41, 5.74) is 6.83. The second kappa shape index (κ2) is 7.50. The lowest BCUT2D eigenvalue weighted by atomic mass is 10.1. The van der Waals surface area contributed by atoms with Crippen molar-refractivity contribution >= 4 is 0 Å². The summed E-state index contributed by atoms with van der Waals surface area (Å²) in [5, 5.41) is 0. The first-order valence-electron chi connectivity index (χ1n) is 7.45. The van der Waals surface area contributed by atoms with Gasteiger partial charge in [-0.25, -0.2) is 0 Å². The third-order valence-corrected chi connectivity index (χ3v) is 3.79. The smallest absolute Gasteiger partial charge is 0.161 e. The van der Waals surface area contributed by atoms with E-state index in [1.165, 1.54) is 5.56 Å². The molecule has 4 heteroatoms. The molecule has 20 heavy (non-hydrogen) atoms. The summed E-state index contributed by atoms with van der Waals surface area (Å²) < 4.78 is 11.5. The third kappa shape index (κ3) is 4.12. The van der Waals surface area contributed by atoms with Gasteiger partial charge in [-0.3, -0.25) is 0 Å². The van der Waals surface area contributed by atoms with Gasteiger partial charge in [-0.15, -0.1) is 0 Å². The maximum atomic E-state index is 6.12. The zero-order valence-corrected chi connectivity index (χ0v) is 12.6. The second-order valence-electron chi connectivity index (χ2n) is 5.52. The molecular formula is C16H26N2O2. The van der Waals surface area contributed by atoms with Crippen LogP contribution in [0.2, 0.25) is 0 Å². The fourth-order valence-electron chi connectivity index (χ4n) is 2.61. The van der Waals surface area contributed by atoms with Crippen LogP contribution >= 0.6 is 0 Å². The van der Waals surface area contributed by atoms with Crippen molar-refractivity contribution in [2.75, 3.05) is 33.8 Å². The summed E-state index contributed by atoms with van der Waals surface area (Å²) in [7, 11) is 3.82. The van der Waals surface area contributed by atoms with E-state index in [1.54, 1.807) is 7.11 Å².